The molecule has 3 heterocycles. The largest absolute Gasteiger partial charge is 0.347 e. The lowest BCUT2D eigenvalue weighted by atomic mass is 10.0. The van der Waals surface area contributed by atoms with Crippen LogP contribution in [0, 0.1) is 0 Å². The zero-order valence-electron chi connectivity index (χ0n) is 13.5. The lowest BCUT2D eigenvalue weighted by Gasteiger charge is -2.37. The summed E-state index contributed by atoms with van der Waals surface area (Å²) in [5, 5.41) is 4.09. The number of fused-ring (bicyclic) bond motifs is 1. The quantitative estimate of drug-likeness (QED) is 0.919. The lowest BCUT2D eigenvalue weighted by molar-refractivity contribution is -0.181. The van der Waals surface area contributed by atoms with Crippen LogP contribution in [0.1, 0.15) is 18.4 Å². The van der Waals surface area contributed by atoms with Crippen LogP contribution in [0.3, 0.4) is 0 Å². The van der Waals surface area contributed by atoms with Crippen molar-refractivity contribution in [2.75, 3.05) is 26.3 Å². The number of rotatable bonds is 2. The fourth-order valence-corrected chi connectivity index (χ4v) is 3.43. The number of hydrogen-bond acceptors (Lipinski definition) is 4. The van der Waals surface area contributed by atoms with Crippen molar-refractivity contribution in [3.8, 4) is 0 Å². The molecule has 2 saturated heterocycles. The number of aromatic nitrogens is 1. The number of benzene rings is 1. The standard InChI is InChI=1S/C18H21N3O3/c22-17(21-9-6-18(7-10-21)23-11-12-24-18)20-13-15-4-1-3-14-5-2-8-19-16(14)15/h1-5,8H,6-7,9-13H2,(H,20,22). The second-order valence-electron chi connectivity index (χ2n) is 6.25. The van der Waals surface area contributed by atoms with E-state index < -0.39 is 5.79 Å². The van der Waals surface area contributed by atoms with Gasteiger partial charge in [-0.25, -0.2) is 4.79 Å². The Morgan fingerprint density at radius 3 is 2.71 bits per heavy atom. The molecule has 1 aromatic carbocycles. The molecule has 1 spiro atoms. The summed E-state index contributed by atoms with van der Waals surface area (Å²) in [6, 6.07) is 9.92. The van der Waals surface area contributed by atoms with Crippen LogP contribution in [-0.4, -0.2) is 48.0 Å². The maximum atomic E-state index is 12.4. The molecule has 2 aliphatic rings. The Balaban J connectivity index is 1.36. The van der Waals surface area contributed by atoms with Gasteiger partial charge in [0.1, 0.15) is 0 Å². The van der Waals surface area contributed by atoms with Gasteiger partial charge in [0, 0.05) is 44.1 Å². The summed E-state index contributed by atoms with van der Waals surface area (Å²) >= 11 is 0. The van der Waals surface area contributed by atoms with E-state index in [0.717, 1.165) is 29.3 Å². The number of urea groups is 1. The first-order valence-electron chi connectivity index (χ1n) is 8.39. The fourth-order valence-electron chi connectivity index (χ4n) is 3.43. The number of para-hydroxylation sites is 1. The average molecular weight is 327 g/mol. The number of amides is 2. The zero-order chi connectivity index (χ0) is 16.4. The molecule has 0 atom stereocenters. The molecule has 0 unspecified atom stereocenters. The molecule has 24 heavy (non-hydrogen) atoms. The summed E-state index contributed by atoms with van der Waals surface area (Å²) in [6.07, 6.45) is 3.24. The van der Waals surface area contributed by atoms with Crippen molar-refractivity contribution in [2.24, 2.45) is 0 Å². The van der Waals surface area contributed by atoms with E-state index in [0.29, 0.717) is 32.8 Å². The van der Waals surface area contributed by atoms with Crippen molar-refractivity contribution in [3.05, 3.63) is 42.1 Å². The lowest BCUT2D eigenvalue weighted by Crippen LogP contribution is -2.50. The van der Waals surface area contributed by atoms with Crippen LogP contribution in [0.2, 0.25) is 0 Å². The predicted molar refractivity (Wildman–Crippen MR) is 89.4 cm³/mol. The summed E-state index contributed by atoms with van der Waals surface area (Å²) in [6.45, 7) is 3.08. The molecule has 1 N–H and O–H groups in total. The summed E-state index contributed by atoms with van der Waals surface area (Å²) in [5.41, 5.74) is 1.96. The highest BCUT2D eigenvalue weighted by molar-refractivity contribution is 5.82. The van der Waals surface area contributed by atoms with Crippen LogP contribution in [-0.2, 0) is 16.0 Å². The average Bonchev–Trinajstić information content (AvgIpc) is 3.08. The van der Waals surface area contributed by atoms with Gasteiger partial charge in [-0.15, -0.1) is 0 Å². The van der Waals surface area contributed by atoms with Gasteiger partial charge in [-0.2, -0.15) is 0 Å². The monoisotopic (exact) mass is 327 g/mol. The third kappa shape index (κ3) is 2.95. The second-order valence-corrected chi connectivity index (χ2v) is 6.25. The first-order chi connectivity index (χ1) is 11.8. The van der Waals surface area contributed by atoms with Gasteiger partial charge in [-0.1, -0.05) is 24.3 Å². The van der Waals surface area contributed by atoms with Crippen molar-refractivity contribution in [1.29, 1.82) is 0 Å². The molecule has 2 fully saturated rings. The molecule has 2 aliphatic heterocycles. The van der Waals surface area contributed by atoms with Crippen molar-refractivity contribution >= 4 is 16.9 Å². The van der Waals surface area contributed by atoms with Gasteiger partial charge < -0.3 is 19.7 Å². The summed E-state index contributed by atoms with van der Waals surface area (Å²) < 4.78 is 11.4. The van der Waals surface area contributed by atoms with Crippen molar-refractivity contribution < 1.29 is 14.3 Å². The van der Waals surface area contributed by atoms with E-state index in [-0.39, 0.29) is 6.03 Å². The van der Waals surface area contributed by atoms with Crippen LogP contribution >= 0.6 is 0 Å². The normalized spacial score (nSPS) is 19.8. The molecule has 4 rings (SSSR count). The van der Waals surface area contributed by atoms with E-state index in [1.165, 1.54) is 0 Å². The van der Waals surface area contributed by atoms with Crippen LogP contribution < -0.4 is 5.32 Å². The van der Waals surface area contributed by atoms with Crippen molar-refractivity contribution in [3.63, 3.8) is 0 Å². The van der Waals surface area contributed by atoms with Gasteiger partial charge in [0.15, 0.2) is 5.79 Å². The number of piperidine rings is 1. The Morgan fingerprint density at radius 1 is 1.17 bits per heavy atom. The highest BCUT2D eigenvalue weighted by atomic mass is 16.7. The van der Waals surface area contributed by atoms with Crippen LogP contribution in [0.15, 0.2) is 36.5 Å². The van der Waals surface area contributed by atoms with Gasteiger partial charge in [-0.3, -0.25) is 4.98 Å². The molecule has 0 aliphatic carbocycles. The number of likely N-dealkylation sites (tertiary alicyclic amines) is 1. The third-order valence-electron chi connectivity index (χ3n) is 4.77. The minimum absolute atomic E-state index is 0.0456. The summed E-state index contributed by atoms with van der Waals surface area (Å²) in [5.74, 6) is -0.448. The van der Waals surface area contributed by atoms with E-state index in [2.05, 4.69) is 10.3 Å². The van der Waals surface area contributed by atoms with Gasteiger partial charge in [0.05, 0.1) is 18.7 Å². The van der Waals surface area contributed by atoms with Gasteiger partial charge in [0.25, 0.3) is 0 Å². The molecule has 1 aromatic heterocycles. The number of nitrogens with zero attached hydrogens (tertiary/aromatic N) is 2. The highest BCUT2D eigenvalue weighted by Gasteiger charge is 2.40. The fraction of sp³-hybridized carbons (Fsp3) is 0.444. The minimum Gasteiger partial charge on any atom is -0.347 e. The Hall–Kier alpha value is -2.18. The van der Waals surface area contributed by atoms with Gasteiger partial charge in [-0.05, 0) is 11.6 Å². The van der Waals surface area contributed by atoms with Gasteiger partial charge >= 0.3 is 6.03 Å². The smallest absolute Gasteiger partial charge is 0.317 e. The second kappa shape index (κ2) is 6.37. The number of carbonyl (C=O) groups excluding carboxylic acids is 1. The Morgan fingerprint density at radius 2 is 1.92 bits per heavy atom. The molecule has 0 bridgehead atoms. The van der Waals surface area contributed by atoms with Crippen LogP contribution in [0.25, 0.3) is 10.9 Å². The SMILES string of the molecule is O=C(NCc1cccc2cccnc12)N1CCC2(CC1)OCCO2. The molecule has 0 radical (unpaired) electrons. The Bertz CT molecular complexity index is 728. The van der Waals surface area contributed by atoms with E-state index in [1.54, 1.807) is 6.20 Å². The molecule has 126 valence electrons. The number of ether oxygens (including phenoxy) is 2. The first kappa shape index (κ1) is 15.4. The third-order valence-corrected chi connectivity index (χ3v) is 4.77. The molecule has 6 nitrogen and oxygen atoms in total. The number of carbonyl (C=O) groups is 1. The Labute approximate surface area is 140 Å². The molecule has 2 aromatic rings. The number of pyridine rings is 1. The molecular weight excluding hydrogens is 306 g/mol. The topological polar surface area (TPSA) is 63.7 Å². The van der Waals surface area contributed by atoms with Crippen molar-refractivity contribution in [1.82, 2.24) is 15.2 Å². The maximum absolute atomic E-state index is 12.4. The molecule has 6 heteroatoms. The molecule has 2 amide bonds. The summed E-state index contributed by atoms with van der Waals surface area (Å²) in [4.78, 5) is 18.7. The summed E-state index contributed by atoms with van der Waals surface area (Å²) in [7, 11) is 0. The van der Waals surface area contributed by atoms with Crippen LogP contribution in [0.4, 0.5) is 4.79 Å². The maximum Gasteiger partial charge on any atom is 0.317 e. The first-order valence-corrected chi connectivity index (χ1v) is 8.39. The van der Waals surface area contributed by atoms with E-state index in [9.17, 15) is 4.79 Å². The van der Waals surface area contributed by atoms with E-state index in [1.807, 2.05) is 35.2 Å². The van der Waals surface area contributed by atoms with E-state index >= 15 is 0 Å². The molecule has 0 saturated carbocycles. The van der Waals surface area contributed by atoms with Crippen LogP contribution in [0.5, 0.6) is 0 Å². The zero-order valence-corrected chi connectivity index (χ0v) is 13.5. The highest BCUT2D eigenvalue weighted by Crippen LogP contribution is 2.31. The Kier molecular flexibility index (Phi) is 4.08. The minimum atomic E-state index is -0.448. The molecular formula is C18H21N3O3. The number of hydrogen-bond donors (Lipinski definition) is 1. The predicted octanol–water partition coefficient (Wildman–Crippen LogP) is 2.28. The van der Waals surface area contributed by atoms with Gasteiger partial charge in [0.2, 0.25) is 0 Å². The number of nitrogens with one attached hydrogen (secondary N) is 1. The van der Waals surface area contributed by atoms with E-state index in [4.69, 9.17) is 9.47 Å². The van der Waals surface area contributed by atoms with Crippen molar-refractivity contribution in [2.45, 2.75) is 25.2 Å².